The van der Waals surface area contributed by atoms with Crippen LogP contribution in [0, 0.1) is 0 Å². The van der Waals surface area contributed by atoms with Crippen LogP contribution in [0.15, 0.2) is 12.3 Å². The number of pyridine rings is 1. The number of aromatic nitrogens is 1. The Morgan fingerprint density at radius 3 is 2.48 bits per heavy atom. The molecule has 2 fully saturated rings. The largest absolute Gasteiger partial charge is 0.481 e. The van der Waals surface area contributed by atoms with Crippen LogP contribution >= 0.6 is 0 Å². The van der Waals surface area contributed by atoms with Crippen molar-refractivity contribution in [2.45, 2.75) is 36.7 Å². The zero-order valence-electron chi connectivity index (χ0n) is 12.9. The quantitative estimate of drug-likeness (QED) is 0.895. The Labute approximate surface area is 132 Å². The van der Waals surface area contributed by atoms with Gasteiger partial charge in [0.25, 0.3) is 0 Å². The number of ether oxygens (including phenoxy) is 2. The van der Waals surface area contributed by atoms with E-state index in [4.69, 9.17) is 9.47 Å². The van der Waals surface area contributed by atoms with Crippen LogP contribution in [0.1, 0.15) is 24.0 Å². The third-order valence-electron chi connectivity index (χ3n) is 4.81. The number of aliphatic hydroxyl groups is 1. The summed E-state index contributed by atoms with van der Waals surface area (Å²) >= 11 is 0. The highest BCUT2D eigenvalue weighted by atomic mass is 19.4. The first-order valence-electron chi connectivity index (χ1n) is 7.38. The third kappa shape index (κ3) is 2.90. The lowest BCUT2D eigenvalue weighted by Gasteiger charge is -2.50. The van der Waals surface area contributed by atoms with Gasteiger partial charge in [0, 0.05) is 23.8 Å². The maximum atomic E-state index is 13.2. The fraction of sp³-hybridized carbons (Fsp3) is 0.667. The Bertz CT molecular complexity index is 580. The molecule has 0 saturated carbocycles. The molecule has 0 amide bonds. The SMILES string of the molecule is COc1ncc(C2(O)CC3COCC(C2)N3C)cc1C(F)(F)F. The lowest BCUT2D eigenvalue weighted by Crippen LogP contribution is -2.59. The fourth-order valence-corrected chi connectivity index (χ4v) is 3.45. The molecule has 0 spiro atoms. The average molecular weight is 332 g/mol. The van der Waals surface area contributed by atoms with Gasteiger partial charge < -0.3 is 14.6 Å². The van der Waals surface area contributed by atoms with Crippen molar-refractivity contribution in [3.8, 4) is 5.88 Å². The molecule has 0 aromatic carbocycles. The molecule has 2 bridgehead atoms. The van der Waals surface area contributed by atoms with E-state index >= 15 is 0 Å². The van der Waals surface area contributed by atoms with Crippen molar-refractivity contribution in [1.82, 2.24) is 9.88 Å². The van der Waals surface area contributed by atoms with E-state index in [1.807, 2.05) is 7.05 Å². The van der Waals surface area contributed by atoms with Gasteiger partial charge in [0.15, 0.2) is 0 Å². The van der Waals surface area contributed by atoms with Gasteiger partial charge in [-0.05, 0) is 26.0 Å². The first-order valence-corrected chi connectivity index (χ1v) is 7.38. The third-order valence-corrected chi connectivity index (χ3v) is 4.81. The summed E-state index contributed by atoms with van der Waals surface area (Å²) in [5.41, 5.74) is -2.13. The molecule has 3 rings (SSSR count). The van der Waals surface area contributed by atoms with Gasteiger partial charge >= 0.3 is 6.18 Å². The number of rotatable bonds is 2. The van der Waals surface area contributed by atoms with E-state index in [2.05, 4.69) is 9.88 Å². The molecule has 2 atom stereocenters. The molecule has 0 radical (unpaired) electrons. The molecule has 3 heterocycles. The van der Waals surface area contributed by atoms with Crippen molar-refractivity contribution in [1.29, 1.82) is 0 Å². The molecule has 2 saturated heterocycles. The van der Waals surface area contributed by atoms with Crippen LogP contribution in [0.4, 0.5) is 13.2 Å². The minimum atomic E-state index is -4.59. The van der Waals surface area contributed by atoms with E-state index in [-0.39, 0.29) is 17.6 Å². The molecule has 128 valence electrons. The molecule has 2 aliphatic rings. The number of piperidine rings is 1. The standard InChI is InChI=1S/C15H19F3N2O3/c1-20-10-4-14(21,5-11(20)8-23-7-10)9-3-12(15(16,17)18)13(22-2)19-6-9/h3,6,10-11,21H,4-5,7-8H2,1-2H3. The monoisotopic (exact) mass is 332 g/mol. The number of likely N-dealkylation sites (N-methyl/N-ethyl adjacent to an activating group) is 1. The van der Waals surface area contributed by atoms with Crippen LogP contribution in [0.5, 0.6) is 5.88 Å². The first kappa shape index (κ1) is 16.5. The molecule has 1 aromatic heterocycles. The smallest absolute Gasteiger partial charge is 0.421 e. The van der Waals surface area contributed by atoms with Crippen LogP contribution in [-0.4, -0.2) is 54.4 Å². The van der Waals surface area contributed by atoms with Crippen molar-refractivity contribution in [3.05, 3.63) is 23.4 Å². The lowest BCUT2D eigenvalue weighted by molar-refractivity contribution is -0.142. The van der Waals surface area contributed by atoms with E-state index in [0.717, 1.165) is 13.2 Å². The number of morpholine rings is 1. The number of alkyl halides is 3. The Kier molecular flexibility index (Phi) is 4.02. The van der Waals surface area contributed by atoms with Crippen molar-refractivity contribution in [2.24, 2.45) is 0 Å². The van der Waals surface area contributed by atoms with E-state index in [1.54, 1.807) is 0 Å². The average Bonchev–Trinajstić information content (AvgIpc) is 2.47. The van der Waals surface area contributed by atoms with Gasteiger partial charge in [0.2, 0.25) is 5.88 Å². The Balaban J connectivity index is 1.98. The first-order chi connectivity index (χ1) is 10.7. The van der Waals surface area contributed by atoms with E-state index in [0.29, 0.717) is 26.1 Å². The minimum Gasteiger partial charge on any atom is -0.481 e. The topological polar surface area (TPSA) is 54.8 Å². The number of halogens is 3. The molecule has 2 aliphatic heterocycles. The summed E-state index contributed by atoms with van der Waals surface area (Å²) in [4.78, 5) is 5.87. The predicted molar refractivity (Wildman–Crippen MR) is 75.1 cm³/mol. The lowest BCUT2D eigenvalue weighted by atomic mass is 9.77. The summed E-state index contributed by atoms with van der Waals surface area (Å²) in [5, 5.41) is 11.0. The second kappa shape index (κ2) is 5.61. The number of hydrogen-bond donors (Lipinski definition) is 1. The molecular weight excluding hydrogens is 313 g/mol. The van der Waals surface area contributed by atoms with Gasteiger partial charge in [-0.2, -0.15) is 13.2 Å². The molecular formula is C15H19F3N2O3. The van der Waals surface area contributed by atoms with Crippen molar-refractivity contribution in [2.75, 3.05) is 27.4 Å². The van der Waals surface area contributed by atoms with Crippen LogP contribution in [0.2, 0.25) is 0 Å². The second-order valence-corrected chi connectivity index (χ2v) is 6.23. The van der Waals surface area contributed by atoms with Gasteiger partial charge in [-0.25, -0.2) is 4.98 Å². The molecule has 8 heteroatoms. The van der Waals surface area contributed by atoms with Gasteiger partial charge in [0.1, 0.15) is 5.56 Å². The minimum absolute atomic E-state index is 0.0241. The summed E-state index contributed by atoms with van der Waals surface area (Å²) in [6.45, 7) is 0.927. The van der Waals surface area contributed by atoms with Crippen molar-refractivity contribution < 1.29 is 27.8 Å². The van der Waals surface area contributed by atoms with Crippen LogP contribution < -0.4 is 4.74 Å². The zero-order valence-corrected chi connectivity index (χ0v) is 12.9. The summed E-state index contributed by atoms with van der Waals surface area (Å²) in [6, 6.07) is 0.904. The normalized spacial score (nSPS) is 31.9. The Hall–Kier alpha value is -1.38. The molecule has 5 nitrogen and oxygen atoms in total. The Morgan fingerprint density at radius 2 is 1.96 bits per heavy atom. The van der Waals surface area contributed by atoms with Crippen molar-refractivity contribution >= 4 is 0 Å². The second-order valence-electron chi connectivity index (χ2n) is 6.23. The number of hydrogen-bond acceptors (Lipinski definition) is 5. The van der Waals surface area contributed by atoms with Gasteiger partial charge in [-0.1, -0.05) is 0 Å². The highest BCUT2D eigenvalue weighted by Crippen LogP contribution is 2.43. The Morgan fingerprint density at radius 1 is 1.35 bits per heavy atom. The number of nitrogens with zero attached hydrogens (tertiary/aromatic N) is 2. The predicted octanol–water partition coefficient (Wildman–Crippen LogP) is 1.79. The molecule has 1 N–H and O–H groups in total. The maximum absolute atomic E-state index is 13.2. The summed E-state index contributed by atoms with van der Waals surface area (Å²) in [5.74, 6) is -0.485. The summed E-state index contributed by atoms with van der Waals surface area (Å²) in [7, 11) is 3.09. The van der Waals surface area contributed by atoms with Crippen LogP contribution in [-0.2, 0) is 16.5 Å². The van der Waals surface area contributed by atoms with Crippen molar-refractivity contribution in [3.63, 3.8) is 0 Å². The maximum Gasteiger partial charge on any atom is 0.421 e. The number of fused-ring (bicyclic) bond motifs is 2. The highest BCUT2D eigenvalue weighted by Gasteiger charge is 2.47. The van der Waals surface area contributed by atoms with Gasteiger partial charge in [0.05, 0.1) is 25.9 Å². The van der Waals surface area contributed by atoms with Gasteiger partial charge in [-0.15, -0.1) is 0 Å². The molecule has 1 aromatic rings. The summed E-state index contributed by atoms with van der Waals surface area (Å²) < 4.78 is 49.7. The molecule has 0 aliphatic carbocycles. The van der Waals surface area contributed by atoms with Gasteiger partial charge in [-0.3, -0.25) is 4.90 Å². The van der Waals surface area contributed by atoms with E-state index in [9.17, 15) is 18.3 Å². The molecule has 23 heavy (non-hydrogen) atoms. The number of methoxy groups -OCH3 is 1. The summed E-state index contributed by atoms with van der Waals surface area (Å²) in [6.07, 6.45) is -2.69. The zero-order chi connectivity index (χ0) is 16.8. The van der Waals surface area contributed by atoms with E-state index < -0.39 is 23.2 Å². The van der Waals surface area contributed by atoms with E-state index in [1.165, 1.54) is 6.20 Å². The fourth-order valence-electron chi connectivity index (χ4n) is 3.45. The van der Waals surface area contributed by atoms with Crippen LogP contribution in [0.3, 0.4) is 0 Å². The highest BCUT2D eigenvalue weighted by molar-refractivity contribution is 5.35. The molecule has 2 unspecified atom stereocenters. The van der Waals surface area contributed by atoms with Crippen LogP contribution in [0.25, 0.3) is 0 Å².